The summed E-state index contributed by atoms with van der Waals surface area (Å²) < 4.78 is 0. The lowest BCUT2D eigenvalue weighted by molar-refractivity contribution is 0.429. The van der Waals surface area contributed by atoms with Gasteiger partial charge >= 0.3 is 0 Å². The summed E-state index contributed by atoms with van der Waals surface area (Å²) in [6.45, 7) is 2.73. The summed E-state index contributed by atoms with van der Waals surface area (Å²) in [5.74, 6) is -0.0501. The van der Waals surface area contributed by atoms with Crippen molar-refractivity contribution in [3.8, 4) is 5.75 Å². The standard InChI is InChI=1S/C10H12Cl2N2O.ClH/c11-7-3-6(4-8(12)10(7)15)9-5-13-1-2-14-9;/h3-4,9,13-15H,1-2,5H2;1H/t9-;/m0./s1. The number of phenolic OH excluding ortho intramolecular Hbond substituents is 1. The Labute approximate surface area is 111 Å². The lowest BCUT2D eigenvalue weighted by Gasteiger charge is -2.25. The Morgan fingerprint density at radius 2 is 1.81 bits per heavy atom. The van der Waals surface area contributed by atoms with E-state index in [4.69, 9.17) is 23.2 Å². The smallest absolute Gasteiger partial charge is 0.152 e. The third-order valence-electron chi connectivity index (χ3n) is 2.48. The zero-order valence-corrected chi connectivity index (χ0v) is 10.8. The van der Waals surface area contributed by atoms with Crippen LogP contribution in [-0.2, 0) is 0 Å². The zero-order chi connectivity index (χ0) is 10.8. The molecule has 16 heavy (non-hydrogen) atoms. The van der Waals surface area contributed by atoms with Crippen molar-refractivity contribution in [1.29, 1.82) is 0 Å². The van der Waals surface area contributed by atoms with Gasteiger partial charge in [-0.25, -0.2) is 0 Å². The van der Waals surface area contributed by atoms with E-state index in [1.54, 1.807) is 12.1 Å². The second kappa shape index (κ2) is 5.94. The van der Waals surface area contributed by atoms with E-state index in [1.165, 1.54) is 0 Å². The molecule has 1 aliphatic heterocycles. The Bertz CT molecular complexity index is 344. The van der Waals surface area contributed by atoms with Crippen LogP contribution in [0.3, 0.4) is 0 Å². The van der Waals surface area contributed by atoms with Gasteiger partial charge in [-0.05, 0) is 17.7 Å². The highest BCUT2D eigenvalue weighted by molar-refractivity contribution is 6.37. The molecule has 0 radical (unpaired) electrons. The van der Waals surface area contributed by atoms with E-state index in [0.29, 0.717) is 10.0 Å². The molecule has 90 valence electrons. The first-order valence-corrected chi connectivity index (χ1v) is 5.56. The van der Waals surface area contributed by atoms with Crippen molar-refractivity contribution in [2.75, 3.05) is 19.6 Å². The maximum absolute atomic E-state index is 9.43. The lowest BCUT2D eigenvalue weighted by Crippen LogP contribution is -2.42. The fourth-order valence-corrected chi connectivity index (χ4v) is 2.18. The van der Waals surface area contributed by atoms with Crippen LogP contribution in [0.1, 0.15) is 11.6 Å². The van der Waals surface area contributed by atoms with Gasteiger partial charge in [0.15, 0.2) is 5.75 Å². The second-order valence-corrected chi connectivity index (χ2v) is 4.36. The quantitative estimate of drug-likeness (QED) is 0.741. The number of hydrogen-bond donors (Lipinski definition) is 3. The largest absolute Gasteiger partial charge is 0.505 e. The van der Waals surface area contributed by atoms with Crippen LogP contribution < -0.4 is 10.6 Å². The minimum atomic E-state index is -0.0501. The molecule has 1 heterocycles. The van der Waals surface area contributed by atoms with E-state index in [2.05, 4.69) is 10.6 Å². The fraction of sp³-hybridized carbons (Fsp3) is 0.400. The Morgan fingerprint density at radius 3 is 2.31 bits per heavy atom. The van der Waals surface area contributed by atoms with Crippen LogP contribution in [-0.4, -0.2) is 24.7 Å². The van der Waals surface area contributed by atoms with Gasteiger partial charge in [-0.2, -0.15) is 0 Å². The maximum Gasteiger partial charge on any atom is 0.152 e. The second-order valence-electron chi connectivity index (χ2n) is 3.54. The summed E-state index contributed by atoms with van der Waals surface area (Å²) >= 11 is 11.7. The van der Waals surface area contributed by atoms with Crippen molar-refractivity contribution in [3.05, 3.63) is 27.7 Å². The average Bonchev–Trinajstić information content (AvgIpc) is 2.26. The molecule has 3 N–H and O–H groups in total. The third kappa shape index (κ3) is 2.93. The summed E-state index contributed by atoms with van der Waals surface area (Å²) in [5.41, 5.74) is 0.995. The Kier molecular flexibility index (Phi) is 5.15. The number of nitrogens with one attached hydrogen (secondary N) is 2. The van der Waals surface area contributed by atoms with Gasteiger partial charge in [0.1, 0.15) is 0 Å². The van der Waals surface area contributed by atoms with Crippen molar-refractivity contribution in [1.82, 2.24) is 10.6 Å². The van der Waals surface area contributed by atoms with E-state index >= 15 is 0 Å². The SMILES string of the molecule is Cl.Oc1c(Cl)cc([C@@H]2CNCCN2)cc1Cl. The van der Waals surface area contributed by atoms with Crippen LogP contribution in [0.2, 0.25) is 10.0 Å². The Balaban J connectivity index is 0.00000128. The van der Waals surface area contributed by atoms with E-state index in [1.807, 2.05) is 0 Å². The molecule has 3 nitrogen and oxygen atoms in total. The summed E-state index contributed by atoms with van der Waals surface area (Å²) in [4.78, 5) is 0. The molecule has 0 amide bonds. The van der Waals surface area contributed by atoms with E-state index in [-0.39, 0.29) is 24.2 Å². The number of halogens is 3. The molecule has 1 saturated heterocycles. The van der Waals surface area contributed by atoms with E-state index in [0.717, 1.165) is 25.2 Å². The Hall–Kier alpha value is -0.190. The number of aromatic hydroxyl groups is 1. The number of piperazine rings is 1. The molecule has 0 saturated carbocycles. The molecule has 0 unspecified atom stereocenters. The third-order valence-corrected chi connectivity index (χ3v) is 3.06. The summed E-state index contributed by atoms with van der Waals surface area (Å²) in [6, 6.07) is 3.69. The van der Waals surface area contributed by atoms with Crippen molar-refractivity contribution in [2.45, 2.75) is 6.04 Å². The minimum absolute atomic E-state index is 0. The first-order valence-electron chi connectivity index (χ1n) is 4.80. The van der Waals surface area contributed by atoms with Crippen LogP contribution in [0.25, 0.3) is 0 Å². The summed E-state index contributed by atoms with van der Waals surface area (Å²) in [6.07, 6.45) is 0. The molecule has 0 bridgehead atoms. The number of rotatable bonds is 1. The number of benzene rings is 1. The molecule has 6 heteroatoms. The van der Waals surface area contributed by atoms with Gasteiger partial charge in [0.2, 0.25) is 0 Å². The van der Waals surface area contributed by atoms with Crippen LogP contribution >= 0.6 is 35.6 Å². The van der Waals surface area contributed by atoms with Gasteiger partial charge in [-0.1, -0.05) is 23.2 Å². The van der Waals surface area contributed by atoms with E-state index < -0.39 is 0 Å². The van der Waals surface area contributed by atoms with Crippen LogP contribution in [0.5, 0.6) is 5.75 Å². The molecule has 1 aliphatic rings. The van der Waals surface area contributed by atoms with Gasteiger partial charge in [-0.3, -0.25) is 0 Å². The van der Waals surface area contributed by atoms with Crippen molar-refractivity contribution in [3.63, 3.8) is 0 Å². The predicted molar refractivity (Wildman–Crippen MR) is 69.0 cm³/mol. The summed E-state index contributed by atoms with van der Waals surface area (Å²) in [5, 5.41) is 16.6. The molecule has 0 spiro atoms. The van der Waals surface area contributed by atoms with Gasteiger partial charge in [-0.15, -0.1) is 12.4 Å². The molecular weight excluding hydrogens is 270 g/mol. The minimum Gasteiger partial charge on any atom is -0.505 e. The highest BCUT2D eigenvalue weighted by atomic mass is 35.5. The highest BCUT2D eigenvalue weighted by Gasteiger charge is 2.17. The van der Waals surface area contributed by atoms with Gasteiger partial charge in [0.25, 0.3) is 0 Å². The van der Waals surface area contributed by atoms with Gasteiger partial charge < -0.3 is 15.7 Å². The van der Waals surface area contributed by atoms with Gasteiger partial charge in [0, 0.05) is 25.7 Å². The molecule has 1 fully saturated rings. The monoisotopic (exact) mass is 282 g/mol. The molecular formula is C10H13Cl3N2O. The zero-order valence-electron chi connectivity index (χ0n) is 8.46. The highest BCUT2D eigenvalue weighted by Crippen LogP contribution is 2.34. The Morgan fingerprint density at radius 1 is 1.19 bits per heavy atom. The maximum atomic E-state index is 9.43. The molecule has 0 aliphatic carbocycles. The normalized spacial score (nSPS) is 20.2. The van der Waals surface area contributed by atoms with Crippen molar-refractivity contribution in [2.24, 2.45) is 0 Å². The fourth-order valence-electron chi connectivity index (χ4n) is 1.68. The summed E-state index contributed by atoms with van der Waals surface area (Å²) in [7, 11) is 0. The number of hydrogen-bond acceptors (Lipinski definition) is 3. The molecule has 1 aromatic carbocycles. The van der Waals surface area contributed by atoms with Crippen LogP contribution in [0, 0.1) is 0 Å². The molecule has 1 atom stereocenters. The van der Waals surface area contributed by atoms with E-state index in [9.17, 15) is 5.11 Å². The molecule has 1 aromatic rings. The first-order chi connectivity index (χ1) is 7.18. The molecule has 0 aromatic heterocycles. The van der Waals surface area contributed by atoms with Gasteiger partial charge in [0.05, 0.1) is 10.0 Å². The van der Waals surface area contributed by atoms with Crippen LogP contribution in [0.15, 0.2) is 12.1 Å². The topological polar surface area (TPSA) is 44.3 Å². The first kappa shape index (κ1) is 13.9. The average molecular weight is 284 g/mol. The van der Waals surface area contributed by atoms with Crippen molar-refractivity contribution >= 4 is 35.6 Å². The van der Waals surface area contributed by atoms with Crippen LogP contribution in [0.4, 0.5) is 0 Å². The lowest BCUT2D eigenvalue weighted by atomic mass is 10.1. The molecule has 2 rings (SSSR count). The predicted octanol–water partition coefficient (Wildman–Crippen LogP) is 2.35. The van der Waals surface area contributed by atoms with Crippen molar-refractivity contribution < 1.29 is 5.11 Å². The number of phenols is 1.